The Labute approximate surface area is 113 Å². The Morgan fingerprint density at radius 3 is 2.44 bits per heavy atom. The Morgan fingerprint density at radius 1 is 1.22 bits per heavy atom. The molecule has 0 aliphatic rings. The summed E-state index contributed by atoms with van der Waals surface area (Å²) in [6, 6.07) is 7.56. The van der Waals surface area contributed by atoms with Crippen molar-refractivity contribution in [2.24, 2.45) is 5.73 Å². The van der Waals surface area contributed by atoms with Crippen molar-refractivity contribution in [2.75, 3.05) is 0 Å². The molecule has 18 heavy (non-hydrogen) atoms. The van der Waals surface area contributed by atoms with Crippen LogP contribution in [0, 0.1) is 0 Å². The Hall–Kier alpha value is -1.62. The van der Waals surface area contributed by atoms with Crippen molar-refractivity contribution in [3.8, 4) is 0 Å². The molecule has 0 saturated heterocycles. The maximum absolute atomic E-state index is 11.6. The van der Waals surface area contributed by atoms with Crippen LogP contribution in [-0.2, 0) is 6.42 Å². The molecule has 5 heteroatoms. The second-order valence-electron chi connectivity index (χ2n) is 4.10. The first-order valence-electron chi connectivity index (χ1n) is 6.08. The van der Waals surface area contributed by atoms with Gasteiger partial charge in [-0.05, 0) is 42.8 Å². The minimum Gasteiger partial charge on any atom is -0.375 e. The van der Waals surface area contributed by atoms with Gasteiger partial charge in [-0.25, -0.2) is 0 Å². The third-order valence-corrected chi connectivity index (χ3v) is 2.69. The lowest BCUT2D eigenvalue weighted by Crippen LogP contribution is -2.44. The molecule has 1 aromatic carbocycles. The van der Waals surface area contributed by atoms with Crippen LogP contribution in [0.2, 0.25) is 0 Å². The van der Waals surface area contributed by atoms with Crippen molar-refractivity contribution in [1.29, 1.82) is 0 Å². The monoisotopic (exact) mass is 265 g/mol. The summed E-state index contributed by atoms with van der Waals surface area (Å²) in [4.78, 5) is 11.6. The molecule has 0 aliphatic heterocycles. The zero-order valence-corrected chi connectivity index (χ0v) is 11.3. The summed E-state index contributed by atoms with van der Waals surface area (Å²) in [6.45, 7) is 2.18. The Kier molecular flexibility index (Phi) is 6.14. The highest BCUT2D eigenvalue weighted by molar-refractivity contribution is 7.80. The molecule has 0 aromatic heterocycles. The molecule has 0 aliphatic carbocycles. The number of benzene rings is 1. The Balaban J connectivity index is 2.48. The topological polar surface area (TPSA) is 67.2 Å². The third kappa shape index (κ3) is 5.14. The van der Waals surface area contributed by atoms with Crippen LogP contribution in [0.1, 0.15) is 42.1 Å². The number of hydrogen-bond donors (Lipinski definition) is 3. The standard InChI is InChI=1S/C13H19N3OS/c1-2-3-4-5-10-6-8-11(9-7-10)12(17)15-16-13(14)18/h6-9H,2-5H2,1H3,(H,15,17)(H3,14,16,18). The van der Waals surface area contributed by atoms with Gasteiger partial charge in [0.2, 0.25) is 0 Å². The lowest BCUT2D eigenvalue weighted by Gasteiger charge is -2.07. The van der Waals surface area contributed by atoms with Gasteiger partial charge in [0.1, 0.15) is 0 Å². The van der Waals surface area contributed by atoms with Gasteiger partial charge in [-0.1, -0.05) is 31.9 Å². The Bertz CT molecular complexity index is 403. The minimum absolute atomic E-state index is 0.0412. The van der Waals surface area contributed by atoms with E-state index < -0.39 is 0 Å². The number of nitrogens with one attached hydrogen (secondary N) is 2. The fourth-order valence-corrected chi connectivity index (χ4v) is 1.64. The van der Waals surface area contributed by atoms with Gasteiger partial charge in [0, 0.05) is 5.56 Å². The van der Waals surface area contributed by atoms with E-state index in [0.29, 0.717) is 5.56 Å². The van der Waals surface area contributed by atoms with E-state index in [1.165, 1.54) is 24.8 Å². The number of amides is 1. The SMILES string of the molecule is CCCCCc1ccc(C(=O)NNC(N)=S)cc1. The van der Waals surface area contributed by atoms with E-state index >= 15 is 0 Å². The van der Waals surface area contributed by atoms with Crippen LogP contribution in [0.25, 0.3) is 0 Å². The second-order valence-corrected chi connectivity index (χ2v) is 4.54. The van der Waals surface area contributed by atoms with Crippen LogP contribution in [0.3, 0.4) is 0 Å². The summed E-state index contributed by atoms with van der Waals surface area (Å²) in [5.74, 6) is -0.247. The Morgan fingerprint density at radius 2 is 1.89 bits per heavy atom. The predicted octanol–water partition coefficient (Wildman–Crippen LogP) is 1.90. The average Bonchev–Trinajstić information content (AvgIpc) is 2.37. The zero-order chi connectivity index (χ0) is 13.4. The van der Waals surface area contributed by atoms with Crippen molar-refractivity contribution in [2.45, 2.75) is 32.6 Å². The quantitative estimate of drug-likeness (QED) is 0.432. The highest BCUT2D eigenvalue weighted by Gasteiger charge is 2.04. The molecule has 0 unspecified atom stereocenters. The number of carbonyl (C=O) groups is 1. The number of thiocarbonyl (C=S) groups is 1. The van der Waals surface area contributed by atoms with E-state index in [-0.39, 0.29) is 11.0 Å². The molecule has 1 amide bonds. The number of rotatable bonds is 5. The first kappa shape index (κ1) is 14.4. The first-order chi connectivity index (χ1) is 8.63. The van der Waals surface area contributed by atoms with Crippen LogP contribution in [-0.4, -0.2) is 11.0 Å². The lowest BCUT2D eigenvalue weighted by molar-refractivity contribution is 0.0944. The molecule has 0 heterocycles. The highest BCUT2D eigenvalue weighted by Crippen LogP contribution is 2.08. The normalized spacial score (nSPS) is 9.83. The second kappa shape index (κ2) is 7.66. The molecule has 1 rings (SSSR count). The van der Waals surface area contributed by atoms with E-state index in [1.807, 2.05) is 12.1 Å². The molecule has 4 N–H and O–H groups in total. The third-order valence-electron chi connectivity index (χ3n) is 2.58. The van der Waals surface area contributed by atoms with Crippen LogP contribution < -0.4 is 16.6 Å². The summed E-state index contributed by atoms with van der Waals surface area (Å²) in [6.07, 6.45) is 4.69. The van der Waals surface area contributed by atoms with Crippen molar-refractivity contribution < 1.29 is 4.79 Å². The molecule has 0 spiro atoms. The largest absolute Gasteiger partial charge is 0.375 e. The minimum atomic E-state index is -0.247. The van der Waals surface area contributed by atoms with Crippen molar-refractivity contribution in [3.05, 3.63) is 35.4 Å². The zero-order valence-electron chi connectivity index (χ0n) is 10.5. The molecule has 0 saturated carbocycles. The number of nitrogens with two attached hydrogens (primary N) is 1. The first-order valence-corrected chi connectivity index (χ1v) is 6.49. The van der Waals surface area contributed by atoms with Crippen LogP contribution in [0.4, 0.5) is 0 Å². The smallest absolute Gasteiger partial charge is 0.269 e. The molecular formula is C13H19N3OS. The number of aryl methyl sites for hydroxylation is 1. The maximum Gasteiger partial charge on any atom is 0.269 e. The number of hydrogen-bond acceptors (Lipinski definition) is 2. The number of carbonyl (C=O) groups excluding carboxylic acids is 1. The van der Waals surface area contributed by atoms with Gasteiger partial charge >= 0.3 is 0 Å². The van der Waals surface area contributed by atoms with Gasteiger partial charge in [-0.15, -0.1) is 0 Å². The molecule has 0 radical (unpaired) electrons. The fourth-order valence-electron chi connectivity index (χ4n) is 1.59. The van der Waals surface area contributed by atoms with Crippen LogP contribution >= 0.6 is 12.2 Å². The number of unbranched alkanes of at least 4 members (excludes halogenated alkanes) is 2. The number of hydrazine groups is 1. The van der Waals surface area contributed by atoms with E-state index in [1.54, 1.807) is 12.1 Å². The molecule has 98 valence electrons. The summed E-state index contributed by atoms with van der Waals surface area (Å²) in [5, 5.41) is 0.0412. The van der Waals surface area contributed by atoms with Crippen LogP contribution in [0.15, 0.2) is 24.3 Å². The van der Waals surface area contributed by atoms with E-state index in [4.69, 9.17) is 5.73 Å². The van der Waals surface area contributed by atoms with Crippen molar-refractivity contribution in [1.82, 2.24) is 10.9 Å². The van der Waals surface area contributed by atoms with E-state index in [9.17, 15) is 4.79 Å². The van der Waals surface area contributed by atoms with Crippen molar-refractivity contribution in [3.63, 3.8) is 0 Å². The van der Waals surface area contributed by atoms with Gasteiger partial charge in [0.05, 0.1) is 0 Å². The molecule has 0 bridgehead atoms. The average molecular weight is 265 g/mol. The molecule has 1 aromatic rings. The van der Waals surface area contributed by atoms with E-state index in [2.05, 4.69) is 30.0 Å². The predicted molar refractivity (Wildman–Crippen MR) is 77.1 cm³/mol. The highest BCUT2D eigenvalue weighted by atomic mass is 32.1. The fraction of sp³-hybridized carbons (Fsp3) is 0.385. The maximum atomic E-state index is 11.6. The van der Waals surface area contributed by atoms with E-state index in [0.717, 1.165) is 6.42 Å². The van der Waals surface area contributed by atoms with Gasteiger partial charge in [-0.2, -0.15) is 0 Å². The molecule has 0 fully saturated rings. The summed E-state index contributed by atoms with van der Waals surface area (Å²) in [5.41, 5.74) is 11.9. The van der Waals surface area contributed by atoms with Gasteiger partial charge in [0.25, 0.3) is 5.91 Å². The van der Waals surface area contributed by atoms with Gasteiger partial charge in [0.15, 0.2) is 5.11 Å². The summed E-state index contributed by atoms with van der Waals surface area (Å²) in [7, 11) is 0. The van der Waals surface area contributed by atoms with Gasteiger partial charge in [-0.3, -0.25) is 15.6 Å². The molecule has 0 atom stereocenters. The lowest BCUT2D eigenvalue weighted by atomic mass is 10.1. The van der Waals surface area contributed by atoms with Gasteiger partial charge < -0.3 is 5.73 Å². The summed E-state index contributed by atoms with van der Waals surface area (Å²) < 4.78 is 0. The summed E-state index contributed by atoms with van der Waals surface area (Å²) >= 11 is 4.60. The molecular weight excluding hydrogens is 246 g/mol. The van der Waals surface area contributed by atoms with Crippen molar-refractivity contribution >= 4 is 23.2 Å². The van der Waals surface area contributed by atoms with Crippen LogP contribution in [0.5, 0.6) is 0 Å². The molecule has 4 nitrogen and oxygen atoms in total.